The lowest BCUT2D eigenvalue weighted by Gasteiger charge is -2.23. The average molecular weight is 291 g/mol. The highest BCUT2D eigenvalue weighted by atomic mass is 32.2. The van der Waals surface area contributed by atoms with Crippen LogP contribution in [0.2, 0.25) is 0 Å². The number of carbonyl (C=O) groups is 1. The van der Waals surface area contributed by atoms with Crippen LogP contribution in [0.5, 0.6) is 0 Å². The molecule has 2 aliphatic heterocycles. The van der Waals surface area contributed by atoms with Crippen molar-refractivity contribution < 1.29 is 23.1 Å². The monoisotopic (exact) mass is 291 g/mol. The minimum Gasteiger partial charge on any atom is -0.481 e. The predicted octanol–water partition coefficient (Wildman–Crippen LogP) is 0.536. The molecule has 0 aromatic heterocycles. The van der Waals surface area contributed by atoms with Crippen molar-refractivity contribution in [3.8, 4) is 0 Å². The quantitative estimate of drug-likeness (QED) is 0.799. The lowest BCUT2D eigenvalue weighted by atomic mass is 9.94. The van der Waals surface area contributed by atoms with Crippen LogP contribution >= 0.6 is 0 Å². The van der Waals surface area contributed by atoms with Crippen LogP contribution in [0.15, 0.2) is 0 Å². The third-order valence-electron chi connectivity index (χ3n) is 4.29. The third kappa shape index (κ3) is 2.51. The van der Waals surface area contributed by atoms with Gasteiger partial charge in [-0.25, -0.2) is 8.42 Å². The van der Waals surface area contributed by atoms with Gasteiger partial charge >= 0.3 is 5.97 Å². The molecule has 2 fully saturated rings. The average Bonchev–Trinajstić information content (AvgIpc) is 2.88. The first kappa shape index (κ1) is 14.7. The molecule has 2 aliphatic rings. The van der Waals surface area contributed by atoms with Crippen molar-refractivity contribution in [3.63, 3.8) is 0 Å². The van der Waals surface area contributed by atoms with Crippen LogP contribution in [0.3, 0.4) is 0 Å². The number of carboxylic acid groups (broad SMARTS) is 1. The van der Waals surface area contributed by atoms with Gasteiger partial charge in [0.25, 0.3) is 0 Å². The third-order valence-corrected chi connectivity index (χ3v) is 6.82. The molecule has 3 atom stereocenters. The van der Waals surface area contributed by atoms with Crippen molar-refractivity contribution in [1.82, 2.24) is 4.31 Å². The molecule has 0 aliphatic carbocycles. The SMILES string of the molecule is CCC(CC)S(=O)(=O)N1C[C@@H]2[C@H](C1)OC[C@@H]2C(=O)O. The molecule has 0 aromatic carbocycles. The Bertz CT molecular complexity index is 445. The first-order valence-corrected chi connectivity index (χ1v) is 8.25. The zero-order chi connectivity index (χ0) is 14.2. The predicted molar refractivity (Wildman–Crippen MR) is 69.2 cm³/mol. The largest absolute Gasteiger partial charge is 0.481 e. The van der Waals surface area contributed by atoms with E-state index in [1.165, 1.54) is 4.31 Å². The molecule has 2 saturated heterocycles. The van der Waals surface area contributed by atoms with E-state index in [2.05, 4.69) is 0 Å². The van der Waals surface area contributed by atoms with Crippen molar-refractivity contribution >= 4 is 16.0 Å². The van der Waals surface area contributed by atoms with Gasteiger partial charge in [0, 0.05) is 19.0 Å². The summed E-state index contributed by atoms with van der Waals surface area (Å²) in [6.45, 7) is 4.50. The van der Waals surface area contributed by atoms with Gasteiger partial charge in [-0.15, -0.1) is 0 Å². The number of hydrogen-bond donors (Lipinski definition) is 1. The van der Waals surface area contributed by atoms with Crippen LogP contribution in [-0.2, 0) is 19.6 Å². The molecule has 0 spiro atoms. The molecule has 6 nitrogen and oxygen atoms in total. The van der Waals surface area contributed by atoms with Crippen molar-refractivity contribution in [3.05, 3.63) is 0 Å². The Morgan fingerprint density at radius 2 is 2.00 bits per heavy atom. The lowest BCUT2D eigenvalue weighted by Crippen LogP contribution is -2.38. The zero-order valence-corrected chi connectivity index (χ0v) is 12.1. The molecule has 0 unspecified atom stereocenters. The van der Waals surface area contributed by atoms with Crippen LogP contribution in [-0.4, -0.2) is 54.8 Å². The van der Waals surface area contributed by atoms with Crippen molar-refractivity contribution in [2.24, 2.45) is 11.8 Å². The Balaban J connectivity index is 2.13. The summed E-state index contributed by atoms with van der Waals surface area (Å²) < 4.78 is 31.7. The highest BCUT2D eigenvalue weighted by Crippen LogP contribution is 2.36. The smallest absolute Gasteiger partial charge is 0.309 e. The topological polar surface area (TPSA) is 83.9 Å². The summed E-state index contributed by atoms with van der Waals surface area (Å²) in [5.74, 6) is -1.68. The Morgan fingerprint density at radius 1 is 1.37 bits per heavy atom. The summed E-state index contributed by atoms with van der Waals surface area (Å²) in [5, 5.41) is 8.72. The molecular weight excluding hydrogens is 270 g/mol. The number of hydrogen-bond acceptors (Lipinski definition) is 4. The van der Waals surface area contributed by atoms with Crippen molar-refractivity contribution in [1.29, 1.82) is 0 Å². The van der Waals surface area contributed by atoms with E-state index in [-0.39, 0.29) is 30.4 Å². The van der Waals surface area contributed by atoms with E-state index < -0.39 is 21.9 Å². The molecule has 0 aromatic rings. The van der Waals surface area contributed by atoms with E-state index in [1.807, 2.05) is 13.8 Å². The Kier molecular flexibility index (Phi) is 4.17. The van der Waals surface area contributed by atoms with E-state index in [4.69, 9.17) is 9.84 Å². The summed E-state index contributed by atoms with van der Waals surface area (Å²) in [7, 11) is -3.33. The van der Waals surface area contributed by atoms with Crippen molar-refractivity contribution in [2.45, 2.75) is 38.0 Å². The van der Waals surface area contributed by atoms with Gasteiger partial charge in [-0.3, -0.25) is 4.79 Å². The number of sulfonamides is 1. The van der Waals surface area contributed by atoms with Crippen LogP contribution in [0.1, 0.15) is 26.7 Å². The molecular formula is C12H21NO5S. The molecule has 1 N–H and O–H groups in total. The summed E-state index contributed by atoms with van der Waals surface area (Å²) in [4.78, 5) is 11.1. The number of ether oxygens (including phenoxy) is 1. The fourth-order valence-corrected chi connectivity index (χ4v) is 5.06. The maximum Gasteiger partial charge on any atom is 0.309 e. The standard InChI is InChI=1S/C12H21NO5S/c1-3-8(4-2)19(16,17)13-5-9-10(12(14)15)7-18-11(9)6-13/h8-11H,3-7H2,1-2H3,(H,14,15)/t9-,10-,11-/m0/s1. The molecule has 19 heavy (non-hydrogen) atoms. The van der Waals surface area contributed by atoms with Gasteiger partial charge in [0.15, 0.2) is 0 Å². The second kappa shape index (κ2) is 5.38. The molecule has 7 heteroatoms. The van der Waals surface area contributed by atoms with Gasteiger partial charge in [0.05, 0.1) is 23.9 Å². The van der Waals surface area contributed by atoms with E-state index in [0.29, 0.717) is 19.4 Å². The lowest BCUT2D eigenvalue weighted by molar-refractivity contribution is -0.142. The van der Waals surface area contributed by atoms with Gasteiger partial charge in [-0.2, -0.15) is 4.31 Å². The first-order chi connectivity index (χ1) is 8.91. The van der Waals surface area contributed by atoms with Crippen LogP contribution in [0.25, 0.3) is 0 Å². The van der Waals surface area contributed by atoms with Crippen molar-refractivity contribution in [2.75, 3.05) is 19.7 Å². The van der Waals surface area contributed by atoms with Gasteiger partial charge < -0.3 is 9.84 Å². The van der Waals surface area contributed by atoms with Crippen LogP contribution in [0, 0.1) is 11.8 Å². The van der Waals surface area contributed by atoms with E-state index in [0.717, 1.165) is 0 Å². The normalized spacial score (nSPS) is 31.8. The molecule has 0 saturated carbocycles. The van der Waals surface area contributed by atoms with Crippen LogP contribution < -0.4 is 0 Å². The molecule has 0 amide bonds. The second-order valence-electron chi connectivity index (χ2n) is 5.28. The summed E-state index contributed by atoms with van der Waals surface area (Å²) in [5.41, 5.74) is 0. The van der Waals surface area contributed by atoms with Gasteiger partial charge in [-0.05, 0) is 12.8 Å². The number of carboxylic acids is 1. The highest BCUT2D eigenvalue weighted by molar-refractivity contribution is 7.89. The van der Waals surface area contributed by atoms with E-state index >= 15 is 0 Å². The zero-order valence-electron chi connectivity index (χ0n) is 11.3. The molecule has 0 radical (unpaired) electrons. The fourth-order valence-electron chi connectivity index (χ4n) is 3.06. The number of rotatable bonds is 5. The minimum atomic E-state index is -3.33. The number of nitrogens with zero attached hydrogens (tertiary/aromatic N) is 1. The Morgan fingerprint density at radius 3 is 2.53 bits per heavy atom. The molecule has 2 rings (SSSR count). The number of aliphatic carboxylic acids is 1. The summed E-state index contributed by atoms with van der Waals surface area (Å²) in [6, 6.07) is 0. The first-order valence-electron chi connectivity index (χ1n) is 6.75. The Hall–Kier alpha value is -0.660. The molecule has 0 bridgehead atoms. The van der Waals surface area contributed by atoms with Gasteiger partial charge in [0.2, 0.25) is 10.0 Å². The summed E-state index contributed by atoms with van der Waals surface area (Å²) in [6.07, 6.45) is 0.895. The number of fused-ring (bicyclic) bond motifs is 1. The Labute approximate surface area is 113 Å². The summed E-state index contributed by atoms with van der Waals surface area (Å²) >= 11 is 0. The maximum absolute atomic E-state index is 12.4. The highest BCUT2D eigenvalue weighted by Gasteiger charge is 2.50. The van der Waals surface area contributed by atoms with Crippen LogP contribution in [0.4, 0.5) is 0 Å². The van der Waals surface area contributed by atoms with Gasteiger partial charge in [-0.1, -0.05) is 13.8 Å². The van der Waals surface area contributed by atoms with E-state index in [9.17, 15) is 13.2 Å². The molecule has 2 heterocycles. The minimum absolute atomic E-state index is 0.198. The van der Waals surface area contributed by atoms with E-state index in [1.54, 1.807) is 0 Å². The maximum atomic E-state index is 12.4. The molecule has 110 valence electrons. The fraction of sp³-hybridized carbons (Fsp3) is 0.917. The second-order valence-corrected chi connectivity index (χ2v) is 7.49. The van der Waals surface area contributed by atoms with Gasteiger partial charge in [0.1, 0.15) is 0 Å².